The van der Waals surface area contributed by atoms with Crippen LogP contribution in [0.2, 0.25) is 0 Å². The fourth-order valence-corrected chi connectivity index (χ4v) is 2.43. The third-order valence-corrected chi connectivity index (χ3v) is 3.15. The van der Waals surface area contributed by atoms with E-state index in [0.717, 1.165) is 0 Å². The summed E-state index contributed by atoms with van der Waals surface area (Å²) in [7, 11) is 0. The van der Waals surface area contributed by atoms with Gasteiger partial charge in [-0.3, -0.25) is 0 Å². The SMILES string of the molecule is [O-][SH2+]1CCC(F)(F)CC1. The summed E-state index contributed by atoms with van der Waals surface area (Å²) in [6.07, 6.45) is -0.324. The van der Waals surface area contributed by atoms with Gasteiger partial charge in [0.05, 0.1) is 0 Å². The first-order valence-electron chi connectivity index (χ1n) is 3.00. The van der Waals surface area contributed by atoms with Crippen molar-refractivity contribution in [2.45, 2.75) is 18.8 Å². The maximum Gasteiger partial charge on any atom is 0.256 e. The van der Waals surface area contributed by atoms with Gasteiger partial charge in [0.15, 0.2) is 0 Å². The van der Waals surface area contributed by atoms with Gasteiger partial charge in [-0.15, -0.1) is 0 Å². The molecule has 1 aliphatic heterocycles. The van der Waals surface area contributed by atoms with Gasteiger partial charge in [0.25, 0.3) is 5.92 Å². The van der Waals surface area contributed by atoms with E-state index in [1.165, 1.54) is 0 Å². The standard InChI is InChI=1S/C5H10F2OS/c6-5(7)1-3-9(8)4-2-5/h1-4,9H2. The molecule has 0 aromatic rings. The zero-order valence-electron chi connectivity index (χ0n) is 4.99. The molecule has 56 valence electrons. The van der Waals surface area contributed by atoms with Gasteiger partial charge in [0.1, 0.15) is 0 Å². The smallest absolute Gasteiger partial charge is 0.256 e. The summed E-state index contributed by atoms with van der Waals surface area (Å²) < 4.78 is 35.1. The molecule has 0 aliphatic carbocycles. The zero-order chi connectivity index (χ0) is 6.91. The highest BCUT2D eigenvalue weighted by molar-refractivity contribution is 7.91. The van der Waals surface area contributed by atoms with Crippen LogP contribution >= 0.6 is 0 Å². The molecule has 0 amide bonds. The van der Waals surface area contributed by atoms with Gasteiger partial charge in [-0.1, -0.05) is 0 Å². The van der Waals surface area contributed by atoms with Crippen LogP contribution in [0.25, 0.3) is 0 Å². The molecule has 0 aromatic carbocycles. The molecule has 0 N–H and O–H groups in total. The zero-order valence-corrected chi connectivity index (χ0v) is 5.99. The van der Waals surface area contributed by atoms with E-state index in [1.807, 2.05) is 0 Å². The maximum atomic E-state index is 12.3. The quantitative estimate of drug-likeness (QED) is 0.472. The van der Waals surface area contributed by atoms with Crippen LogP contribution in [0.3, 0.4) is 0 Å². The van der Waals surface area contributed by atoms with Crippen LogP contribution in [-0.4, -0.2) is 22.0 Å². The molecule has 1 saturated heterocycles. The number of halogens is 2. The molecule has 0 spiro atoms. The van der Waals surface area contributed by atoms with Crippen molar-refractivity contribution in [2.24, 2.45) is 0 Å². The van der Waals surface area contributed by atoms with Crippen LogP contribution in [0.5, 0.6) is 0 Å². The summed E-state index contributed by atoms with van der Waals surface area (Å²) in [5.41, 5.74) is 0. The Kier molecular flexibility index (Phi) is 1.96. The van der Waals surface area contributed by atoms with Crippen LogP contribution in [0.15, 0.2) is 0 Å². The van der Waals surface area contributed by atoms with Gasteiger partial charge < -0.3 is 15.7 Å². The summed E-state index contributed by atoms with van der Waals surface area (Å²) in [6, 6.07) is 0. The second-order valence-electron chi connectivity index (χ2n) is 2.39. The topological polar surface area (TPSA) is 23.1 Å². The highest BCUT2D eigenvalue weighted by Gasteiger charge is 2.33. The van der Waals surface area contributed by atoms with Crippen molar-refractivity contribution >= 4 is 11.2 Å². The number of hydrogen-bond acceptors (Lipinski definition) is 1. The first kappa shape index (κ1) is 7.28. The summed E-state index contributed by atoms with van der Waals surface area (Å²) in [6.45, 7) is 0. The molecule has 9 heavy (non-hydrogen) atoms. The van der Waals surface area contributed by atoms with Gasteiger partial charge in [0.2, 0.25) is 0 Å². The van der Waals surface area contributed by atoms with Crippen molar-refractivity contribution in [1.29, 1.82) is 0 Å². The lowest BCUT2D eigenvalue weighted by Gasteiger charge is -2.31. The molecule has 0 radical (unpaired) electrons. The second-order valence-corrected chi connectivity index (χ2v) is 4.47. The van der Waals surface area contributed by atoms with Crippen LogP contribution < -0.4 is 0 Å². The van der Waals surface area contributed by atoms with Gasteiger partial charge in [-0.25, -0.2) is 8.78 Å². The number of rotatable bonds is 0. The second kappa shape index (κ2) is 2.42. The Morgan fingerprint density at radius 1 is 1.22 bits per heavy atom. The monoisotopic (exact) mass is 156 g/mol. The van der Waals surface area contributed by atoms with E-state index < -0.39 is 17.1 Å². The Bertz CT molecular complexity index is 97.1. The van der Waals surface area contributed by atoms with Crippen molar-refractivity contribution < 1.29 is 13.3 Å². The summed E-state index contributed by atoms with van der Waals surface area (Å²) in [5.74, 6) is -2.02. The van der Waals surface area contributed by atoms with E-state index in [1.54, 1.807) is 0 Å². The van der Waals surface area contributed by atoms with Crippen molar-refractivity contribution in [1.82, 2.24) is 0 Å². The number of alkyl halides is 2. The molecule has 1 aliphatic rings. The predicted octanol–water partition coefficient (Wildman–Crippen LogP) is 0.629. The fourth-order valence-electron chi connectivity index (χ4n) is 0.895. The minimum atomic E-state index is -2.52. The van der Waals surface area contributed by atoms with Crippen LogP contribution in [-0.2, 0) is 11.2 Å². The summed E-state index contributed by atoms with van der Waals surface area (Å²) in [5, 5.41) is 0. The van der Waals surface area contributed by atoms with Gasteiger partial charge in [-0.05, 0) is 0 Å². The largest absolute Gasteiger partial charge is 0.689 e. The van der Waals surface area contributed by atoms with E-state index in [2.05, 4.69) is 0 Å². The molecule has 0 unspecified atom stereocenters. The van der Waals surface area contributed by atoms with Gasteiger partial charge in [-0.2, -0.15) is 0 Å². The molecular formula is C5H10F2OS. The average Bonchev–Trinajstić information content (AvgIpc) is 1.78. The van der Waals surface area contributed by atoms with Crippen LogP contribution in [0.4, 0.5) is 8.78 Å². The molecule has 4 heteroatoms. The highest BCUT2D eigenvalue weighted by atomic mass is 32.2. The minimum absolute atomic E-state index is 0.162. The fraction of sp³-hybridized carbons (Fsp3) is 1.00. The van der Waals surface area contributed by atoms with Gasteiger partial charge in [0, 0.05) is 24.3 Å². The normalized spacial score (nSPS) is 30.3. The predicted molar refractivity (Wildman–Crippen MR) is 34.8 cm³/mol. The highest BCUT2D eigenvalue weighted by Crippen LogP contribution is 2.28. The van der Waals surface area contributed by atoms with E-state index in [-0.39, 0.29) is 24.3 Å². The molecule has 1 heterocycles. The Labute approximate surface area is 55.6 Å². The van der Waals surface area contributed by atoms with E-state index >= 15 is 0 Å². The summed E-state index contributed by atoms with van der Waals surface area (Å²) >= 11 is -1.59. The molecule has 1 fully saturated rings. The molecule has 0 saturated carbocycles. The molecule has 1 nitrogen and oxygen atoms in total. The van der Waals surface area contributed by atoms with Crippen molar-refractivity contribution in [3.05, 3.63) is 0 Å². The van der Waals surface area contributed by atoms with Crippen molar-refractivity contribution in [3.63, 3.8) is 0 Å². The molecule has 0 bridgehead atoms. The minimum Gasteiger partial charge on any atom is -0.689 e. The van der Waals surface area contributed by atoms with Crippen molar-refractivity contribution in [3.8, 4) is 0 Å². The third kappa shape index (κ3) is 2.10. The molecule has 0 aromatic heterocycles. The lowest BCUT2D eigenvalue weighted by Crippen LogP contribution is -2.31. The van der Waals surface area contributed by atoms with Crippen LogP contribution in [0, 0.1) is 0 Å². The van der Waals surface area contributed by atoms with Gasteiger partial charge >= 0.3 is 0 Å². The molecule has 0 atom stereocenters. The Morgan fingerprint density at radius 3 is 2.00 bits per heavy atom. The van der Waals surface area contributed by atoms with Crippen LogP contribution in [0.1, 0.15) is 12.8 Å². The first-order chi connectivity index (χ1) is 4.10. The number of hydrogen-bond donors (Lipinski definition) is 0. The Morgan fingerprint density at radius 2 is 1.67 bits per heavy atom. The lowest BCUT2D eigenvalue weighted by molar-refractivity contribution is -0.00830. The Balaban J connectivity index is 2.35. The molecule has 1 rings (SSSR count). The van der Waals surface area contributed by atoms with E-state index in [9.17, 15) is 13.3 Å². The summed E-state index contributed by atoms with van der Waals surface area (Å²) in [4.78, 5) is 0. The maximum absolute atomic E-state index is 12.3. The van der Waals surface area contributed by atoms with Crippen molar-refractivity contribution in [2.75, 3.05) is 11.5 Å². The molecular weight excluding hydrogens is 146 g/mol. The third-order valence-electron chi connectivity index (χ3n) is 1.54. The van der Waals surface area contributed by atoms with E-state index in [4.69, 9.17) is 0 Å². The van der Waals surface area contributed by atoms with E-state index in [0.29, 0.717) is 0 Å². The Hall–Kier alpha value is 0.170. The lowest BCUT2D eigenvalue weighted by atomic mass is 10.2. The first-order valence-corrected chi connectivity index (χ1v) is 4.82. The average molecular weight is 156 g/mol.